The molecule has 5 N–H and O–H groups in total. The Kier molecular flexibility index (Phi) is 4.62. The van der Waals surface area contributed by atoms with E-state index in [1.54, 1.807) is 0 Å². The number of nitrogens with two attached hydrogens (primary N) is 2. The summed E-state index contributed by atoms with van der Waals surface area (Å²) in [5.74, 6) is -1.59. The fourth-order valence-corrected chi connectivity index (χ4v) is 1.83. The number of carbonyl (C=O) groups excluding carboxylic acids is 1. The zero-order valence-electron chi connectivity index (χ0n) is 9.52. The molecule has 0 radical (unpaired) electrons. The highest BCUT2D eigenvalue weighted by Gasteiger charge is 2.11. The maximum Gasteiger partial charge on any atom is 0.254 e. The molecule has 0 aliphatic carbocycles. The van der Waals surface area contributed by atoms with Gasteiger partial charge in [0, 0.05) is 12.2 Å². The number of nitrogen functional groups attached to an aromatic ring is 1. The van der Waals surface area contributed by atoms with Gasteiger partial charge < -0.3 is 11.1 Å². The van der Waals surface area contributed by atoms with Crippen molar-refractivity contribution in [3.05, 3.63) is 29.6 Å². The maximum atomic E-state index is 13.3. The van der Waals surface area contributed by atoms with Gasteiger partial charge in [-0.25, -0.2) is 17.9 Å². The van der Waals surface area contributed by atoms with Crippen LogP contribution < -0.4 is 16.2 Å². The van der Waals surface area contributed by atoms with E-state index >= 15 is 0 Å². The Morgan fingerprint density at radius 3 is 2.61 bits per heavy atom. The molecule has 0 saturated heterocycles. The molecule has 100 valence electrons. The predicted octanol–water partition coefficient (Wildman–Crippen LogP) is -0.184. The SMILES string of the molecule is Nc1ccc(C(=O)NCCCS(N)(=O)=O)c(F)c1. The number of nitrogens with one attached hydrogen (secondary N) is 1. The van der Waals surface area contributed by atoms with Crippen LogP contribution in [-0.2, 0) is 10.0 Å². The van der Waals surface area contributed by atoms with E-state index in [1.165, 1.54) is 12.1 Å². The molecule has 0 atom stereocenters. The van der Waals surface area contributed by atoms with Crippen LogP contribution in [0.25, 0.3) is 0 Å². The Morgan fingerprint density at radius 1 is 1.39 bits per heavy atom. The van der Waals surface area contributed by atoms with E-state index in [0.29, 0.717) is 0 Å². The van der Waals surface area contributed by atoms with E-state index in [-0.39, 0.29) is 30.0 Å². The number of hydrogen-bond donors (Lipinski definition) is 3. The van der Waals surface area contributed by atoms with Crippen LogP contribution in [-0.4, -0.2) is 26.6 Å². The molecule has 0 heterocycles. The Balaban J connectivity index is 2.51. The number of benzene rings is 1. The Morgan fingerprint density at radius 2 is 2.06 bits per heavy atom. The topological polar surface area (TPSA) is 115 Å². The monoisotopic (exact) mass is 275 g/mol. The van der Waals surface area contributed by atoms with Gasteiger partial charge in [0.15, 0.2) is 0 Å². The Hall–Kier alpha value is -1.67. The van der Waals surface area contributed by atoms with Gasteiger partial charge in [-0.3, -0.25) is 4.79 Å². The van der Waals surface area contributed by atoms with Crippen molar-refractivity contribution in [1.29, 1.82) is 0 Å². The highest BCUT2D eigenvalue weighted by molar-refractivity contribution is 7.89. The number of hydrogen-bond acceptors (Lipinski definition) is 4. The quantitative estimate of drug-likeness (QED) is 0.510. The van der Waals surface area contributed by atoms with Crippen LogP contribution in [0.15, 0.2) is 18.2 Å². The second-order valence-corrected chi connectivity index (χ2v) is 5.45. The van der Waals surface area contributed by atoms with Crippen molar-refractivity contribution >= 4 is 21.6 Å². The third-order valence-electron chi connectivity index (χ3n) is 2.13. The van der Waals surface area contributed by atoms with Crippen molar-refractivity contribution in [2.24, 2.45) is 5.14 Å². The summed E-state index contributed by atoms with van der Waals surface area (Å²) in [5.41, 5.74) is 5.43. The fraction of sp³-hybridized carbons (Fsp3) is 0.300. The third-order valence-corrected chi connectivity index (χ3v) is 2.99. The molecule has 1 aromatic rings. The molecule has 0 aliphatic rings. The lowest BCUT2D eigenvalue weighted by molar-refractivity contribution is 0.0949. The van der Waals surface area contributed by atoms with Gasteiger partial charge in [0.2, 0.25) is 10.0 Å². The molecule has 0 aliphatic heterocycles. The molecule has 0 fully saturated rings. The lowest BCUT2D eigenvalue weighted by Gasteiger charge is -2.06. The summed E-state index contributed by atoms with van der Waals surface area (Å²) in [6.45, 7) is 0.0963. The van der Waals surface area contributed by atoms with Gasteiger partial charge in [-0.2, -0.15) is 0 Å². The Labute approximate surface area is 104 Å². The van der Waals surface area contributed by atoms with Gasteiger partial charge in [0.05, 0.1) is 11.3 Å². The molecular weight excluding hydrogens is 261 g/mol. The minimum atomic E-state index is -3.54. The number of halogens is 1. The first-order chi connectivity index (χ1) is 8.29. The summed E-state index contributed by atoms with van der Waals surface area (Å²) in [6.07, 6.45) is 0.168. The van der Waals surface area contributed by atoms with Crippen LogP contribution in [0, 0.1) is 5.82 Å². The van der Waals surface area contributed by atoms with E-state index in [0.717, 1.165) is 6.07 Å². The van der Waals surface area contributed by atoms with E-state index < -0.39 is 21.7 Å². The van der Waals surface area contributed by atoms with Crippen LogP contribution in [0.5, 0.6) is 0 Å². The normalized spacial score (nSPS) is 11.2. The molecule has 1 aromatic carbocycles. The number of sulfonamides is 1. The van der Waals surface area contributed by atoms with Crippen LogP contribution >= 0.6 is 0 Å². The van der Waals surface area contributed by atoms with Crippen molar-refractivity contribution in [3.8, 4) is 0 Å². The summed E-state index contributed by atoms with van der Waals surface area (Å²) in [4.78, 5) is 11.5. The molecule has 0 aromatic heterocycles. The fourth-order valence-electron chi connectivity index (χ4n) is 1.29. The lowest BCUT2D eigenvalue weighted by Crippen LogP contribution is -2.28. The average molecular weight is 275 g/mol. The van der Waals surface area contributed by atoms with Crippen molar-refractivity contribution in [3.63, 3.8) is 0 Å². The molecule has 1 rings (SSSR count). The van der Waals surface area contributed by atoms with Gasteiger partial charge in [-0.1, -0.05) is 0 Å². The zero-order chi connectivity index (χ0) is 13.8. The summed E-state index contributed by atoms with van der Waals surface area (Å²) >= 11 is 0. The number of primary sulfonamides is 1. The highest BCUT2D eigenvalue weighted by atomic mass is 32.2. The molecule has 0 unspecified atom stereocenters. The van der Waals surface area contributed by atoms with E-state index in [4.69, 9.17) is 10.9 Å². The number of amides is 1. The summed E-state index contributed by atoms with van der Waals surface area (Å²) in [5, 5.41) is 7.18. The van der Waals surface area contributed by atoms with Crippen molar-refractivity contribution in [1.82, 2.24) is 5.32 Å². The molecule has 6 nitrogen and oxygen atoms in total. The van der Waals surface area contributed by atoms with E-state index in [9.17, 15) is 17.6 Å². The van der Waals surface area contributed by atoms with Gasteiger partial charge in [0.25, 0.3) is 5.91 Å². The standard InChI is InChI=1S/C10H14FN3O3S/c11-9-6-7(12)2-3-8(9)10(15)14-4-1-5-18(13,16)17/h2-3,6H,1,4-5,12H2,(H,14,15)(H2,13,16,17). The minimum Gasteiger partial charge on any atom is -0.399 e. The zero-order valence-corrected chi connectivity index (χ0v) is 10.3. The maximum absolute atomic E-state index is 13.3. The van der Waals surface area contributed by atoms with Crippen LogP contribution in [0.4, 0.5) is 10.1 Å². The molecular formula is C10H14FN3O3S. The minimum absolute atomic E-state index is 0.0963. The third kappa shape index (κ3) is 4.68. The molecule has 0 spiro atoms. The van der Waals surface area contributed by atoms with Crippen molar-refractivity contribution in [2.45, 2.75) is 6.42 Å². The molecule has 1 amide bonds. The first-order valence-corrected chi connectivity index (χ1v) is 6.85. The summed E-state index contributed by atoms with van der Waals surface area (Å²) < 4.78 is 34.6. The van der Waals surface area contributed by atoms with Crippen molar-refractivity contribution in [2.75, 3.05) is 18.0 Å². The predicted molar refractivity (Wildman–Crippen MR) is 65.7 cm³/mol. The van der Waals surface area contributed by atoms with Gasteiger partial charge in [-0.05, 0) is 24.6 Å². The van der Waals surface area contributed by atoms with Crippen LogP contribution in [0.3, 0.4) is 0 Å². The smallest absolute Gasteiger partial charge is 0.254 e. The van der Waals surface area contributed by atoms with Crippen molar-refractivity contribution < 1.29 is 17.6 Å². The van der Waals surface area contributed by atoms with Crippen LogP contribution in [0.2, 0.25) is 0 Å². The number of anilines is 1. The summed E-state index contributed by atoms with van der Waals surface area (Å²) in [7, 11) is -3.54. The van der Waals surface area contributed by atoms with Crippen LogP contribution in [0.1, 0.15) is 16.8 Å². The second kappa shape index (κ2) is 5.78. The van der Waals surface area contributed by atoms with Gasteiger partial charge >= 0.3 is 0 Å². The average Bonchev–Trinajstić information content (AvgIpc) is 2.22. The van der Waals surface area contributed by atoms with Gasteiger partial charge in [0.1, 0.15) is 5.82 Å². The highest BCUT2D eigenvalue weighted by Crippen LogP contribution is 2.11. The summed E-state index contributed by atoms with van der Waals surface area (Å²) in [6, 6.07) is 3.71. The first kappa shape index (κ1) is 14.4. The van der Waals surface area contributed by atoms with E-state index in [2.05, 4.69) is 5.32 Å². The Bertz CT molecular complexity index is 545. The molecule has 0 saturated carbocycles. The lowest BCUT2D eigenvalue weighted by atomic mass is 10.2. The first-order valence-electron chi connectivity index (χ1n) is 5.13. The van der Waals surface area contributed by atoms with Gasteiger partial charge in [-0.15, -0.1) is 0 Å². The molecule has 18 heavy (non-hydrogen) atoms. The second-order valence-electron chi connectivity index (χ2n) is 3.72. The molecule has 8 heteroatoms. The molecule has 0 bridgehead atoms. The number of rotatable bonds is 5. The number of carbonyl (C=O) groups is 1. The largest absolute Gasteiger partial charge is 0.399 e. The van der Waals surface area contributed by atoms with E-state index in [1.807, 2.05) is 0 Å².